The summed E-state index contributed by atoms with van der Waals surface area (Å²) in [4.78, 5) is 47.0. The Morgan fingerprint density at radius 1 is 0.960 bits per heavy atom. The maximum atomic E-state index is 11.8. The Balaban J connectivity index is 3.08. The van der Waals surface area contributed by atoms with Crippen LogP contribution in [0.4, 0.5) is 11.4 Å². The lowest BCUT2D eigenvalue weighted by atomic mass is 10.2. The average molecular weight is 389 g/mol. The number of carbonyl (C=O) groups excluding carboxylic acids is 4. The third-order valence-corrected chi connectivity index (χ3v) is 3.81. The number of carbonyl (C=O) groups is 4. The minimum atomic E-state index is -1.06. The van der Waals surface area contributed by atoms with Crippen LogP contribution in [-0.4, -0.2) is 43.2 Å². The van der Waals surface area contributed by atoms with Crippen LogP contribution in [0.15, 0.2) is 17.0 Å². The van der Waals surface area contributed by atoms with E-state index in [1.807, 2.05) is 0 Å². The van der Waals surface area contributed by atoms with Crippen molar-refractivity contribution in [2.45, 2.75) is 18.7 Å². The second kappa shape index (κ2) is 9.90. The third kappa shape index (κ3) is 5.95. The van der Waals surface area contributed by atoms with Crippen molar-refractivity contribution in [2.75, 3.05) is 30.1 Å². The molecule has 0 bridgehead atoms. The topological polar surface area (TPSA) is 111 Å². The van der Waals surface area contributed by atoms with Gasteiger partial charge in [-0.15, -0.1) is 11.8 Å². The van der Waals surface area contributed by atoms with E-state index in [-0.39, 0.29) is 29.6 Å². The number of hydrogen-bond donors (Lipinski definition) is 2. The fourth-order valence-electron chi connectivity index (χ4n) is 1.64. The molecule has 0 atom stereocenters. The summed E-state index contributed by atoms with van der Waals surface area (Å²) in [6.45, 7) is 3.22. The average Bonchev–Trinajstić information content (AvgIpc) is 2.58. The molecule has 8 nitrogen and oxygen atoms in total. The second-order valence-electron chi connectivity index (χ2n) is 4.39. The molecule has 0 aliphatic carbocycles. The summed E-state index contributed by atoms with van der Waals surface area (Å²) in [7, 11) is 0. The molecule has 0 aromatic heterocycles. The lowest BCUT2D eigenvalue weighted by molar-refractivity contribution is -0.152. The Morgan fingerprint density at radius 2 is 1.36 bits per heavy atom. The van der Waals surface area contributed by atoms with Gasteiger partial charge in [0.15, 0.2) is 0 Å². The maximum absolute atomic E-state index is 11.8. The Hall–Kier alpha value is -2.26. The van der Waals surface area contributed by atoms with Crippen molar-refractivity contribution in [1.82, 2.24) is 0 Å². The number of benzene rings is 1. The fourth-order valence-corrected chi connectivity index (χ4v) is 2.31. The predicted molar refractivity (Wildman–Crippen MR) is 93.8 cm³/mol. The molecular formula is C15H17ClN2O6S. The molecular weight excluding hydrogens is 372 g/mol. The van der Waals surface area contributed by atoms with Gasteiger partial charge >= 0.3 is 23.8 Å². The zero-order chi connectivity index (χ0) is 19.0. The molecule has 1 aromatic rings. The number of hydrogen-bond acceptors (Lipinski definition) is 7. The highest BCUT2D eigenvalue weighted by Crippen LogP contribution is 2.35. The van der Waals surface area contributed by atoms with Gasteiger partial charge in [0, 0.05) is 4.90 Å². The van der Waals surface area contributed by atoms with Crippen LogP contribution >= 0.6 is 23.4 Å². The molecule has 0 aliphatic rings. The molecule has 2 N–H and O–H groups in total. The van der Waals surface area contributed by atoms with E-state index >= 15 is 0 Å². The van der Waals surface area contributed by atoms with E-state index in [0.717, 1.165) is 0 Å². The molecule has 1 rings (SSSR count). The van der Waals surface area contributed by atoms with E-state index in [1.54, 1.807) is 20.1 Å². The van der Waals surface area contributed by atoms with Gasteiger partial charge in [0.05, 0.1) is 29.6 Å². The highest BCUT2D eigenvalue weighted by Gasteiger charge is 2.21. The van der Waals surface area contributed by atoms with Crippen molar-refractivity contribution in [3.63, 3.8) is 0 Å². The normalized spacial score (nSPS) is 9.92. The van der Waals surface area contributed by atoms with Gasteiger partial charge in [0.1, 0.15) is 0 Å². The number of anilines is 2. The van der Waals surface area contributed by atoms with Crippen LogP contribution in [0.5, 0.6) is 0 Å². The quantitative estimate of drug-likeness (QED) is 0.451. The summed E-state index contributed by atoms with van der Waals surface area (Å²) >= 11 is 7.45. The van der Waals surface area contributed by atoms with Crippen LogP contribution in [0.1, 0.15) is 13.8 Å². The highest BCUT2D eigenvalue weighted by atomic mass is 35.5. The minimum Gasteiger partial charge on any atom is -0.459 e. The van der Waals surface area contributed by atoms with Gasteiger partial charge in [-0.25, -0.2) is 9.59 Å². The monoisotopic (exact) mass is 388 g/mol. The predicted octanol–water partition coefficient (Wildman–Crippen LogP) is 2.07. The first kappa shape index (κ1) is 20.8. The van der Waals surface area contributed by atoms with Crippen LogP contribution in [0, 0.1) is 0 Å². The van der Waals surface area contributed by atoms with Crippen molar-refractivity contribution < 1.29 is 28.7 Å². The lowest BCUT2D eigenvalue weighted by Gasteiger charge is -2.13. The summed E-state index contributed by atoms with van der Waals surface area (Å²) in [5.41, 5.74) is 0.177. The van der Waals surface area contributed by atoms with E-state index in [0.29, 0.717) is 4.90 Å². The highest BCUT2D eigenvalue weighted by molar-refractivity contribution is 7.98. The van der Waals surface area contributed by atoms with Gasteiger partial charge in [-0.1, -0.05) is 11.6 Å². The molecule has 10 heteroatoms. The van der Waals surface area contributed by atoms with E-state index in [1.165, 1.54) is 23.9 Å². The Kier molecular flexibility index (Phi) is 8.23. The molecule has 0 fully saturated rings. The zero-order valence-corrected chi connectivity index (χ0v) is 15.4. The molecule has 0 heterocycles. The van der Waals surface area contributed by atoms with Crippen LogP contribution in [-0.2, 0) is 28.7 Å². The summed E-state index contributed by atoms with van der Waals surface area (Å²) in [5.74, 6) is -4.15. The minimum absolute atomic E-state index is 0.0473. The maximum Gasteiger partial charge on any atom is 0.397 e. The van der Waals surface area contributed by atoms with Gasteiger partial charge in [-0.2, -0.15) is 0 Å². The Morgan fingerprint density at radius 3 is 1.68 bits per heavy atom. The van der Waals surface area contributed by atoms with Gasteiger partial charge in [-0.3, -0.25) is 9.59 Å². The molecule has 0 aliphatic heterocycles. The largest absolute Gasteiger partial charge is 0.459 e. The van der Waals surface area contributed by atoms with Gasteiger partial charge in [0.2, 0.25) is 0 Å². The molecule has 0 saturated heterocycles. The molecule has 136 valence electrons. The molecule has 0 saturated carbocycles. The Bertz CT molecular complexity index is 642. The van der Waals surface area contributed by atoms with Crippen molar-refractivity contribution >= 4 is 58.5 Å². The van der Waals surface area contributed by atoms with Crippen LogP contribution in [0.3, 0.4) is 0 Å². The van der Waals surface area contributed by atoms with Crippen molar-refractivity contribution in [2.24, 2.45) is 0 Å². The lowest BCUT2D eigenvalue weighted by Crippen LogP contribution is -2.26. The van der Waals surface area contributed by atoms with Gasteiger partial charge in [0.25, 0.3) is 0 Å². The number of rotatable bonds is 5. The number of thioether (sulfide) groups is 1. The second-order valence-corrected chi connectivity index (χ2v) is 5.64. The van der Waals surface area contributed by atoms with Gasteiger partial charge < -0.3 is 20.1 Å². The molecule has 1 aromatic carbocycles. The van der Waals surface area contributed by atoms with Crippen molar-refractivity contribution in [1.29, 1.82) is 0 Å². The van der Waals surface area contributed by atoms with E-state index in [2.05, 4.69) is 20.1 Å². The molecule has 0 radical (unpaired) electrons. The van der Waals surface area contributed by atoms with Crippen LogP contribution in [0.25, 0.3) is 0 Å². The van der Waals surface area contributed by atoms with E-state index in [9.17, 15) is 19.2 Å². The number of ether oxygens (including phenoxy) is 2. The smallest absolute Gasteiger partial charge is 0.397 e. The number of amides is 2. The molecule has 25 heavy (non-hydrogen) atoms. The van der Waals surface area contributed by atoms with E-state index in [4.69, 9.17) is 11.6 Å². The van der Waals surface area contributed by atoms with Crippen molar-refractivity contribution in [3.05, 3.63) is 17.2 Å². The SMILES string of the molecule is CCOC(=O)C(=O)Nc1cc(SC)cc(NC(=O)C(=O)OCC)c1Cl. The van der Waals surface area contributed by atoms with Crippen molar-refractivity contribution in [3.8, 4) is 0 Å². The van der Waals surface area contributed by atoms with Crippen LogP contribution in [0.2, 0.25) is 5.02 Å². The number of halogens is 1. The number of nitrogens with one attached hydrogen (secondary N) is 2. The van der Waals surface area contributed by atoms with Crippen LogP contribution < -0.4 is 10.6 Å². The molecule has 0 spiro atoms. The summed E-state index contributed by atoms with van der Waals surface area (Å²) in [6.07, 6.45) is 1.76. The third-order valence-electron chi connectivity index (χ3n) is 2.70. The van der Waals surface area contributed by atoms with E-state index < -0.39 is 23.8 Å². The first-order chi connectivity index (χ1) is 11.8. The fraction of sp³-hybridized carbons (Fsp3) is 0.333. The standard InChI is InChI=1S/C15H17ClN2O6S/c1-4-23-14(21)12(19)17-9-6-8(25-3)7-10(11(9)16)18-13(20)15(22)24-5-2/h6-7H,4-5H2,1-3H3,(H,17,19)(H,18,20). The summed E-state index contributed by atoms with van der Waals surface area (Å²) in [5, 5.41) is 4.57. The summed E-state index contributed by atoms with van der Waals surface area (Å²) in [6, 6.07) is 3.04. The molecule has 2 amide bonds. The number of esters is 2. The zero-order valence-electron chi connectivity index (χ0n) is 13.8. The Labute approximate surface area is 153 Å². The first-order valence-electron chi connectivity index (χ1n) is 7.17. The summed E-state index contributed by atoms with van der Waals surface area (Å²) < 4.78 is 9.19. The molecule has 0 unspecified atom stereocenters. The first-order valence-corrected chi connectivity index (χ1v) is 8.78. The van der Waals surface area contributed by atoms with Gasteiger partial charge in [-0.05, 0) is 32.2 Å².